The van der Waals surface area contributed by atoms with E-state index in [9.17, 15) is 4.79 Å². The lowest BCUT2D eigenvalue weighted by Crippen LogP contribution is -2.32. The molecule has 2 heterocycles. The molecule has 6 heteroatoms. The first-order chi connectivity index (χ1) is 13.1. The molecule has 0 fully saturated rings. The Balaban J connectivity index is 1.81. The number of nitrogens with zero attached hydrogens (tertiary/aromatic N) is 1. The first-order valence-electron chi connectivity index (χ1n) is 8.98. The number of halogens is 2. The Bertz CT molecular complexity index is 1060. The molecule has 1 aromatic heterocycles. The summed E-state index contributed by atoms with van der Waals surface area (Å²) in [6.45, 7) is 3.00. The van der Waals surface area contributed by atoms with E-state index in [0.29, 0.717) is 28.9 Å². The molecule has 27 heavy (non-hydrogen) atoms. The highest BCUT2D eigenvalue weighted by molar-refractivity contribution is 6.35. The highest BCUT2D eigenvalue weighted by Crippen LogP contribution is 2.37. The average molecular weight is 404 g/mol. The van der Waals surface area contributed by atoms with Crippen LogP contribution in [0.4, 0.5) is 5.69 Å². The van der Waals surface area contributed by atoms with Crippen LogP contribution in [0.5, 0.6) is 5.75 Å². The van der Waals surface area contributed by atoms with Gasteiger partial charge in [-0.05, 0) is 48.7 Å². The SMILES string of the molecule is CCCCc1cc(=O)oc2c3c(ccc12)OCN(c1cc(Cl)ccc1Cl)C3. The lowest BCUT2D eigenvalue weighted by molar-refractivity contribution is 0.289. The monoisotopic (exact) mass is 403 g/mol. The van der Waals surface area contributed by atoms with E-state index in [4.69, 9.17) is 32.4 Å². The van der Waals surface area contributed by atoms with Gasteiger partial charge in [0.2, 0.25) is 0 Å². The molecule has 0 spiro atoms. The fourth-order valence-corrected chi connectivity index (χ4v) is 3.86. The van der Waals surface area contributed by atoms with Gasteiger partial charge < -0.3 is 14.1 Å². The number of aryl methyl sites for hydroxylation is 1. The van der Waals surface area contributed by atoms with Crippen LogP contribution in [0.2, 0.25) is 10.0 Å². The van der Waals surface area contributed by atoms with Gasteiger partial charge in [-0.3, -0.25) is 0 Å². The minimum atomic E-state index is -0.333. The number of hydrogen-bond donors (Lipinski definition) is 0. The van der Waals surface area contributed by atoms with Crippen molar-refractivity contribution in [2.75, 3.05) is 11.6 Å². The second-order valence-corrected chi connectivity index (χ2v) is 7.52. The zero-order chi connectivity index (χ0) is 19.0. The number of rotatable bonds is 4. The normalized spacial score (nSPS) is 13.5. The predicted molar refractivity (Wildman–Crippen MR) is 109 cm³/mol. The van der Waals surface area contributed by atoms with Gasteiger partial charge in [0.05, 0.1) is 22.8 Å². The Morgan fingerprint density at radius 1 is 1.15 bits per heavy atom. The molecule has 0 unspecified atom stereocenters. The van der Waals surface area contributed by atoms with Crippen LogP contribution in [-0.4, -0.2) is 6.73 Å². The van der Waals surface area contributed by atoms with Crippen molar-refractivity contribution >= 4 is 39.9 Å². The van der Waals surface area contributed by atoms with Crippen LogP contribution in [0.25, 0.3) is 11.0 Å². The minimum Gasteiger partial charge on any atom is -0.473 e. The van der Waals surface area contributed by atoms with E-state index in [1.807, 2.05) is 23.1 Å². The van der Waals surface area contributed by atoms with Crippen molar-refractivity contribution in [3.05, 3.63) is 68.0 Å². The van der Waals surface area contributed by atoms with Crippen LogP contribution in [0, 0.1) is 0 Å². The summed E-state index contributed by atoms with van der Waals surface area (Å²) in [5.74, 6) is 0.729. The van der Waals surface area contributed by atoms with E-state index >= 15 is 0 Å². The van der Waals surface area contributed by atoms with Gasteiger partial charge in [0.25, 0.3) is 0 Å². The molecule has 2 aromatic carbocycles. The zero-order valence-electron chi connectivity index (χ0n) is 14.9. The van der Waals surface area contributed by atoms with E-state index in [-0.39, 0.29) is 5.63 Å². The summed E-state index contributed by atoms with van der Waals surface area (Å²) < 4.78 is 11.5. The van der Waals surface area contributed by atoms with Gasteiger partial charge in [0.1, 0.15) is 11.3 Å². The van der Waals surface area contributed by atoms with Crippen molar-refractivity contribution < 1.29 is 9.15 Å². The van der Waals surface area contributed by atoms with Crippen LogP contribution < -0.4 is 15.3 Å². The van der Waals surface area contributed by atoms with E-state index in [1.165, 1.54) is 0 Å². The van der Waals surface area contributed by atoms with Crippen molar-refractivity contribution in [2.45, 2.75) is 32.7 Å². The van der Waals surface area contributed by atoms with E-state index in [2.05, 4.69) is 6.92 Å². The fourth-order valence-electron chi connectivity index (χ4n) is 3.46. The van der Waals surface area contributed by atoms with Crippen LogP contribution in [0.1, 0.15) is 30.9 Å². The molecule has 0 N–H and O–H groups in total. The Morgan fingerprint density at radius 2 is 2.00 bits per heavy atom. The van der Waals surface area contributed by atoms with Gasteiger partial charge in [-0.25, -0.2) is 4.79 Å². The lowest BCUT2D eigenvalue weighted by atomic mass is 10.0. The maximum atomic E-state index is 12.1. The Hall–Kier alpha value is -2.17. The number of anilines is 1. The molecule has 1 aliphatic heterocycles. The van der Waals surface area contributed by atoms with E-state index < -0.39 is 0 Å². The average Bonchev–Trinajstić information content (AvgIpc) is 2.67. The molecule has 0 radical (unpaired) electrons. The molecule has 0 atom stereocenters. The second-order valence-electron chi connectivity index (χ2n) is 6.68. The third-order valence-corrected chi connectivity index (χ3v) is 5.39. The van der Waals surface area contributed by atoms with Crippen LogP contribution in [0.3, 0.4) is 0 Å². The first kappa shape index (κ1) is 18.2. The summed E-state index contributed by atoms with van der Waals surface area (Å²) in [6, 6.07) is 10.8. The van der Waals surface area contributed by atoms with Crippen molar-refractivity contribution in [1.82, 2.24) is 0 Å². The molecular formula is C21H19Cl2NO3. The zero-order valence-corrected chi connectivity index (χ0v) is 16.4. The number of benzene rings is 2. The quantitative estimate of drug-likeness (QED) is 0.516. The Morgan fingerprint density at radius 3 is 2.81 bits per heavy atom. The fraction of sp³-hybridized carbons (Fsp3) is 0.286. The maximum Gasteiger partial charge on any atom is 0.336 e. The number of unbranched alkanes of at least 4 members (excludes halogenated alkanes) is 1. The summed E-state index contributed by atoms with van der Waals surface area (Å²) >= 11 is 12.5. The third kappa shape index (κ3) is 3.52. The van der Waals surface area contributed by atoms with Crippen LogP contribution >= 0.6 is 23.2 Å². The molecule has 1 aliphatic rings. The predicted octanol–water partition coefficient (Wildman–Crippen LogP) is 5.80. The van der Waals surface area contributed by atoms with E-state index in [0.717, 1.165) is 47.2 Å². The maximum absolute atomic E-state index is 12.1. The van der Waals surface area contributed by atoms with Gasteiger partial charge in [-0.2, -0.15) is 0 Å². The Labute approximate surface area is 167 Å². The summed E-state index contributed by atoms with van der Waals surface area (Å²) in [4.78, 5) is 14.1. The summed E-state index contributed by atoms with van der Waals surface area (Å²) in [5.41, 5.74) is 2.92. The van der Waals surface area contributed by atoms with Crippen LogP contribution in [0.15, 0.2) is 45.6 Å². The van der Waals surface area contributed by atoms with Gasteiger partial charge in [0.15, 0.2) is 6.73 Å². The smallest absolute Gasteiger partial charge is 0.336 e. The van der Waals surface area contributed by atoms with Gasteiger partial charge in [-0.1, -0.05) is 36.5 Å². The van der Waals surface area contributed by atoms with E-state index in [1.54, 1.807) is 18.2 Å². The van der Waals surface area contributed by atoms with Gasteiger partial charge >= 0.3 is 5.63 Å². The number of ether oxygens (including phenoxy) is 1. The topological polar surface area (TPSA) is 42.7 Å². The molecule has 0 bridgehead atoms. The lowest BCUT2D eigenvalue weighted by Gasteiger charge is -2.31. The molecular weight excluding hydrogens is 385 g/mol. The molecule has 0 aliphatic carbocycles. The summed E-state index contributed by atoms with van der Waals surface area (Å²) in [7, 11) is 0. The standard InChI is InChI=1S/C21H19Cl2NO3/c1-2-3-4-13-9-20(25)27-21-15(13)6-8-19-16(21)11-24(12-26-19)18-10-14(22)5-7-17(18)23/h5-10H,2-4,11-12H2,1H3. The van der Waals surface area contributed by atoms with Crippen molar-refractivity contribution in [3.8, 4) is 5.75 Å². The number of fused-ring (bicyclic) bond motifs is 3. The first-order valence-corrected chi connectivity index (χ1v) is 9.74. The summed E-state index contributed by atoms with van der Waals surface area (Å²) in [6.07, 6.45) is 2.94. The largest absolute Gasteiger partial charge is 0.473 e. The van der Waals surface area contributed by atoms with Crippen LogP contribution in [-0.2, 0) is 13.0 Å². The minimum absolute atomic E-state index is 0.333. The molecule has 4 nitrogen and oxygen atoms in total. The van der Waals surface area contributed by atoms with Crippen molar-refractivity contribution in [2.24, 2.45) is 0 Å². The molecule has 140 valence electrons. The molecule has 0 amide bonds. The molecule has 3 aromatic rings. The second kappa shape index (κ2) is 7.45. The number of hydrogen-bond acceptors (Lipinski definition) is 4. The molecule has 4 rings (SSSR count). The molecule has 0 saturated carbocycles. The van der Waals surface area contributed by atoms with Crippen molar-refractivity contribution in [3.63, 3.8) is 0 Å². The van der Waals surface area contributed by atoms with Gasteiger partial charge in [0, 0.05) is 16.5 Å². The molecule has 0 saturated heterocycles. The third-order valence-electron chi connectivity index (χ3n) is 4.83. The highest BCUT2D eigenvalue weighted by atomic mass is 35.5. The highest BCUT2D eigenvalue weighted by Gasteiger charge is 2.24. The Kier molecular flexibility index (Phi) is 5.02. The summed E-state index contributed by atoms with van der Waals surface area (Å²) in [5, 5.41) is 2.16. The van der Waals surface area contributed by atoms with Crippen molar-refractivity contribution in [1.29, 1.82) is 0 Å². The van der Waals surface area contributed by atoms with Gasteiger partial charge in [-0.15, -0.1) is 0 Å².